The van der Waals surface area contributed by atoms with Crippen LogP contribution in [0.25, 0.3) is 0 Å². The van der Waals surface area contributed by atoms with E-state index < -0.39 is 0 Å². The number of hydrogen-bond acceptors (Lipinski definition) is 4. The van der Waals surface area contributed by atoms with Crippen molar-refractivity contribution in [2.24, 2.45) is 0 Å². The molecule has 0 aliphatic carbocycles. The quantitative estimate of drug-likeness (QED) is 0.581. The monoisotopic (exact) mass is 299 g/mol. The summed E-state index contributed by atoms with van der Waals surface area (Å²) in [5.74, 6) is -0.296. The van der Waals surface area contributed by atoms with Gasteiger partial charge in [-0.15, -0.1) is 0 Å². The first-order chi connectivity index (χ1) is 10.7. The molecule has 1 aromatic heterocycles. The van der Waals surface area contributed by atoms with Gasteiger partial charge in [-0.3, -0.25) is 4.98 Å². The molecule has 1 heterocycles. The minimum atomic E-state index is -0.296. The largest absolute Gasteiger partial charge is 0.462 e. The smallest absolute Gasteiger partial charge is 0.338 e. The Morgan fingerprint density at radius 2 is 2.00 bits per heavy atom. The van der Waals surface area contributed by atoms with Crippen molar-refractivity contribution in [3.63, 3.8) is 0 Å². The summed E-state index contributed by atoms with van der Waals surface area (Å²) in [7, 11) is 1.63. The highest BCUT2D eigenvalue weighted by atomic mass is 16.5. The highest BCUT2D eigenvalue weighted by Gasteiger charge is 2.07. The van der Waals surface area contributed by atoms with Crippen LogP contribution in [0.5, 0.6) is 0 Å². The first kappa shape index (κ1) is 16.2. The molecule has 0 radical (unpaired) electrons. The Hall–Kier alpha value is -2.20. The maximum absolute atomic E-state index is 12.0. The van der Waals surface area contributed by atoms with Gasteiger partial charge in [-0.1, -0.05) is 18.2 Å². The van der Waals surface area contributed by atoms with Gasteiger partial charge in [-0.05, 0) is 49.6 Å². The zero-order chi connectivity index (χ0) is 15.8. The molecule has 4 heteroatoms. The molecular weight excluding hydrogens is 278 g/mol. The molecule has 22 heavy (non-hydrogen) atoms. The molecule has 1 aromatic carbocycles. The SMILES string of the molecule is COCc1cccc(C(=O)OCCCc2cccc(C)n2)c1. The maximum atomic E-state index is 12.0. The molecule has 0 amide bonds. The van der Waals surface area contributed by atoms with Crippen LogP contribution in [0.1, 0.15) is 33.7 Å². The Labute approximate surface area is 131 Å². The Morgan fingerprint density at radius 1 is 1.18 bits per heavy atom. The summed E-state index contributed by atoms with van der Waals surface area (Å²) in [4.78, 5) is 16.4. The number of rotatable bonds is 7. The lowest BCUT2D eigenvalue weighted by Gasteiger charge is -2.06. The predicted octanol–water partition coefficient (Wildman–Crippen LogP) is 3.33. The number of aromatic nitrogens is 1. The summed E-state index contributed by atoms with van der Waals surface area (Å²) < 4.78 is 10.4. The van der Waals surface area contributed by atoms with E-state index in [-0.39, 0.29) is 5.97 Å². The van der Waals surface area contributed by atoms with Crippen molar-refractivity contribution in [3.05, 3.63) is 65.0 Å². The number of carbonyl (C=O) groups excluding carboxylic acids is 1. The average Bonchev–Trinajstić information content (AvgIpc) is 2.52. The second kappa shape index (κ2) is 8.29. The lowest BCUT2D eigenvalue weighted by molar-refractivity contribution is 0.0500. The first-order valence-corrected chi connectivity index (χ1v) is 7.36. The number of carbonyl (C=O) groups is 1. The van der Waals surface area contributed by atoms with Gasteiger partial charge in [-0.25, -0.2) is 4.79 Å². The van der Waals surface area contributed by atoms with Gasteiger partial charge < -0.3 is 9.47 Å². The van der Waals surface area contributed by atoms with Crippen LogP contribution in [0.15, 0.2) is 42.5 Å². The summed E-state index contributed by atoms with van der Waals surface area (Å²) in [6.45, 7) is 2.85. The van der Waals surface area contributed by atoms with Crippen molar-refractivity contribution < 1.29 is 14.3 Å². The van der Waals surface area contributed by atoms with Gasteiger partial charge in [0.05, 0.1) is 18.8 Å². The van der Waals surface area contributed by atoms with E-state index in [0.717, 1.165) is 29.8 Å². The molecule has 0 unspecified atom stereocenters. The minimum absolute atomic E-state index is 0.296. The topological polar surface area (TPSA) is 48.4 Å². The summed E-state index contributed by atoms with van der Waals surface area (Å²) in [5.41, 5.74) is 3.55. The number of esters is 1. The number of nitrogens with zero attached hydrogens (tertiary/aromatic N) is 1. The zero-order valence-electron chi connectivity index (χ0n) is 13.0. The van der Waals surface area contributed by atoms with Gasteiger partial charge in [-0.2, -0.15) is 0 Å². The van der Waals surface area contributed by atoms with Crippen LogP contribution < -0.4 is 0 Å². The van der Waals surface area contributed by atoms with E-state index in [1.807, 2.05) is 37.3 Å². The molecule has 0 N–H and O–H groups in total. The predicted molar refractivity (Wildman–Crippen MR) is 84.7 cm³/mol. The van der Waals surface area contributed by atoms with Crippen LogP contribution >= 0.6 is 0 Å². The summed E-state index contributed by atoms with van der Waals surface area (Å²) in [6, 6.07) is 13.3. The van der Waals surface area contributed by atoms with Gasteiger partial charge >= 0.3 is 5.97 Å². The number of hydrogen-bond donors (Lipinski definition) is 0. The Kier molecular flexibility index (Phi) is 6.10. The zero-order valence-corrected chi connectivity index (χ0v) is 13.0. The van der Waals surface area contributed by atoms with Crippen LogP contribution in [0.3, 0.4) is 0 Å². The van der Waals surface area contributed by atoms with Crippen molar-refractivity contribution in [1.29, 1.82) is 0 Å². The molecule has 0 saturated heterocycles. The fraction of sp³-hybridized carbons (Fsp3) is 0.333. The van der Waals surface area contributed by atoms with E-state index in [0.29, 0.717) is 18.8 Å². The average molecular weight is 299 g/mol. The molecular formula is C18H21NO3. The summed E-state index contributed by atoms with van der Waals surface area (Å²) in [5, 5.41) is 0. The van der Waals surface area contributed by atoms with Crippen molar-refractivity contribution in [1.82, 2.24) is 4.98 Å². The van der Waals surface area contributed by atoms with E-state index in [1.54, 1.807) is 19.2 Å². The molecule has 0 atom stereocenters. The minimum Gasteiger partial charge on any atom is -0.462 e. The van der Waals surface area contributed by atoms with Gasteiger partial charge in [0.1, 0.15) is 0 Å². The summed E-state index contributed by atoms with van der Waals surface area (Å²) >= 11 is 0. The fourth-order valence-corrected chi connectivity index (χ4v) is 2.19. The molecule has 0 aliphatic rings. The number of methoxy groups -OCH3 is 1. The molecule has 116 valence electrons. The maximum Gasteiger partial charge on any atom is 0.338 e. The molecule has 0 aliphatic heterocycles. The van der Waals surface area contributed by atoms with E-state index in [1.165, 1.54) is 0 Å². The number of benzene rings is 1. The van der Waals surface area contributed by atoms with Crippen molar-refractivity contribution >= 4 is 5.97 Å². The van der Waals surface area contributed by atoms with Crippen molar-refractivity contribution in [3.8, 4) is 0 Å². The number of ether oxygens (including phenoxy) is 2. The number of pyridine rings is 1. The molecule has 0 spiro atoms. The lowest BCUT2D eigenvalue weighted by Crippen LogP contribution is -2.08. The molecule has 2 aromatic rings. The van der Waals surface area contributed by atoms with Gasteiger partial charge in [0.2, 0.25) is 0 Å². The van der Waals surface area contributed by atoms with E-state index in [4.69, 9.17) is 9.47 Å². The molecule has 0 saturated carbocycles. The molecule has 0 fully saturated rings. The first-order valence-electron chi connectivity index (χ1n) is 7.36. The second-order valence-electron chi connectivity index (χ2n) is 5.14. The number of aryl methyl sites for hydroxylation is 2. The third-order valence-electron chi connectivity index (χ3n) is 3.23. The van der Waals surface area contributed by atoms with Crippen LogP contribution in [0.4, 0.5) is 0 Å². The highest BCUT2D eigenvalue weighted by molar-refractivity contribution is 5.89. The van der Waals surface area contributed by atoms with Crippen molar-refractivity contribution in [2.75, 3.05) is 13.7 Å². The standard InChI is InChI=1S/C18H21NO3/c1-14-6-3-9-17(19-14)10-5-11-22-18(20)16-8-4-7-15(12-16)13-21-2/h3-4,6-9,12H,5,10-11,13H2,1-2H3. The third kappa shape index (κ3) is 4.97. The second-order valence-corrected chi connectivity index (χ2v) is 5.14. The van der Waals surface area contributed by atoms with Crippen molar-refractivity contribution in [2.45, 2.75) is 26.4 Å². The van der Waals surface area contributed by atoms with E-state index in [9.17, 15) is 4.79 Å². The van der Waals surface area contributed by atoms with E-state index >= 15 is 0 Å². The highest BCUT2D eigenvalue weighted by Crippen LogP contribution is 2.09. The summed E-state index contributed by atoms with van der Waals surface area (Å²) in [6.07, 6.45) is 1.57. The van der Waals surface area contributed by atoms with Gasteiger partial charge in [0, 0.05) is 18.5 Å². The van der Waals surface area contributed by atoms with Crippen LogP contribution in [0.2, 0.25) is 0 Å². The van der Waals surface area contributed by atoms with Crippen LogP contribution in [-0.2, 0) is 22.5 Å². The van der Waals surface area contributed by atoms with Crippen LogP contribution in [-0.4, -0.2) is 24.7 Å². The van der Waals surface area contributed by atoms with E-state index in [2.05, 4.69) is 4.98 Å². The van der Waals surface area contributed by atoms with Gasteiger partial charge in [0.25, 0.3) is 0 Å². The van der Waals surface area contributed by atoms with Crippen LogP contribution in [0, 0.1) is 6.92 Å². The molecule has 0 bridgehead atoms. The molecule has 4 nitrogen and oxygen atoms in total. The van der Waals surface area contributed by atoms with Gasteiger partial charge in [0.15, 0.2) is 0 Å². The third-order valence-corrected chi connectivity index (χ3v) is 3.23. The Morgan fingerprint density at radius 3 is 2.77 bits per heavy atom. The molecule has 2 rings (SSSR count). The lowest BCUT2D eigenvalue weighted by atomic mass is 10.1. The normalized spacial score (nSPS) is 10.5. The Bertz CT molecular complexity index is 625. The Balaban J connectivity index is 1.79. The fourth-order valence-electron chi connectivity index (χ4n) is 2.19.